The van der Waals surface area contributed by atoms with Gasteiger partial charge in [-0.1, -0.05) is 19.1 Å². The molecule has 1 heterocycles. The predicted molar refractivity (Wildman–Crippen MR) is 75.2 cm³/mol. The smallest absolute Gasteiger partial charge is 0.0316 e. The summed E-state index contributed by atoms with van der Waals surface area (Å²) < 4.78 is 0. The van der Waals surface area contributed by atoms with Crippen LogP contribution in [0.1, 0.15) is 39.5 Å². The Hall–Kier alpha value is -0.380. The van der Waals surface area contributed by atoms with E-state index in [1.807, 2.05) is 0 Å². The molecule has 3 N–H and O–H groups in total. The molecule has 1 saturated heterocycles. The molecule has 1 rings (SSSR count). The van der Waals surface area contributed by atoms with Gasteiger partial charge in [0.15, 0.2) is 0 Å². The van der Waals surface area contributed by atoms with Crippen molar-refractivity contribution in [2.24, 2.45) is 5.73 Å². The molecular formula is C14H29N3. The van der Waals surface area contributed by atoms with Crippen LogP contribution in [0.5, 0.6) is 0 Å². The van der Waals surface area contributed by atoms with E-state index in [0.29, 0.717) is 0 Å². The monoisotopic (exact) mass is 239 g/mol. The lowest BCUT2D eigenvalue weighted by atomic mass is 9.90. The minimum atomic E-state index is 0.186. The molecule has 17 heavy (non-hydrogen) atoms. The van der Waals surface area contributed by atoms with Crippen LogP contribution in [0, 0.1) is 0 Å². The highest BCUT2D eigenvalue weighted by Gasteiger charge is 2.29. The highest BCUT2D eigenvalue weighted by Crippen LogP contribution is 2.21. The van der Waals surface area contributed by atoms with Gasteiger partial charge in [-0.05, 0) is 58.8 Å². The number of rotatable bonds is 6. The molecule has 1 unspecified atom stereocenters. The van der Waals surface area contributed by atoms with Gasteiger partial charge in [-0.25, -0.2) is 0 Å². The zero-order valence-corrected chi connectivity index (χ0v) is 11.5. The van der Waals surface area contributed by atoms with Crippen LogP contribution in [0.4, 0.5) is 0 Å². The number of hydrogen-bond donors (Lipinski definition) is 2. The standard InChI is InChI=1S/C14H29N3/c1-3-5-6-10-16-14(13-15)8-7-11-17(4-2)12-9-14/h3,5,16H,4,6-13,15H2,1-2H3/b5-3+. The second-order valence-corrected chi connectivity index (χ2v) is 5.06. The van der Waals surface area contributed by atoms with Crippen LogP contribution in [0.2, 0.25) is 0 Å². The maximum absolute atomic E-state index is 6.01. The van der Waals surface area contributed by atoms with Gasteiger partial charge in [0.05, 0.1) is 0 Å². The number of likely N-dealkylation sites (tertiary alicyclic amines) is 1. The van der Waals surface area contributed by atoms with Gasteiger partial charge < -0.3 is 16.0 Å². The van der Waals surface area contributed by atoms with Gasteiger partial charge in [-0.15, -0.1) is 0 Å². The highest BCUT2D eigenvalue weighted by molar-refractivity contribution is 4.93. The predicted octanol–water partition coefficient (Wildman–Crippen LogP) is 1.75. The fourth-order valence-electron chi connectivity index (χ4n) is 2.61. The third kappa shape index (κ3) is 4.78. The maximum atomic E-state index is 6.01. The SMILES string of the molecule is C/C=C/CCNC1(CN)CCCN(CC)CC1. The summed E-state index contributed by atoms with van der Waals surface area (Å²) in [6.45, 7) is 9.71. The molecule has 0 saturated carbocycles. The van der Waals surface area contributed by atoms with Crippen molar-refractivity contribution in [2.45, 2.75) is 45.1 Å². The first-order valence-electron chi connectivity index (χ1n) is 7.05. The minimum absolute atomic E-state index is 0.186. The summed E-state index contributed by atoms with van der Waals surface area (Å²) in [6, 6.07) is 0. The molecule has 0 aromatic carbocycles. The number of nitrogens with zero attached hydrogens (tertiary/aromatic N) is 1. The molecule has 1 fully saturated rings. The summed E-state index contributed by atoms with van der Waals surface area (Å²) >= 11 is 0. The second kappa shape index (κ2) is 7.85. The third-order valence-electron chi connectivity index (χ3n) is 3.92. The van der Waals surface area contributed by atoms with E-state index >= 15 is 0 Å². The molecule has 0 spiro atoms. The van der Waals surface area contributed by atoms with Gasteiger partial charge in [-0.2, -0.15) is 0 Å². The Kier molecular flexibility index (Phi) is 6.78. The molecule has 1 atom stereocenters. The molecule has 100 valence electrons. The van der Waals surface area contributed by atoms with Gasteiger partial charge in [0.25, 0.3) is 0 Å². The molecule has 0 radical (unpaired) electrons. The van der Waals surface area contributed by atoms with Crippen molar-refractivity contribution < 1.29 is 0 Å². The Morgan fingerprint density at radius 3 is 2.82 bits per heavy atom. The first-order valence-corrected chi connectivity index (χ1v) is 7.05. The summed E-state index contributed by atoms with van der Waals surface area (Å²) in [5, 5.41) is 3.70. The summed E-state index contributed by atoms with van der Waals surface area (Å²) in [4.78, 5) is 2.53. The van der Waals surface area contributed by atoms with Crippen molar-refractivity contribution in [1.82, 2.24) is 10.2 Å². The van der Waals surface area contributed by atoms with Crippen molar-refractivity contribution in [1.29, 1.82) is 0 Å². The summed E-state index contributed by atoms with van der Waals surface area (Å²) in [5.41, 5.74) is 6.20. The van der Waals surface area contributed by atoms with Crippen molar-refractivity contribution in [3.63, 3.8) is 0 Å². The molecule has 0 aromatic rings. The van der Waals surface area contributed by atoms with Crippen molar-refractivity contribution in [3.8, 4) is 0 Å². The normalized spacial score (nSPS) is 27.5. The van der Waals surface area contributed by atoms with Crippen LogP contribution >= 0.6 is 0 Å². The number of nitrogens with two attached hydrogens (primary N) is 1. The first kappa shape index (κ1) is 14.7. The highest BCUT2D eigenvalue weighted by atomic mass is 15.1. The van der Waals surface area contributed by atoms with Crippen LogP contribution in [0.3, 0.4) is 0 Å². The van der Waals surface area contributed by atoms with E-state index in [-0.39, 0.29) is 5.54 Å². The zero-order valence-electron chi connectivity index (χ0n) is 11.5. The maximum Gasteiger partial charge on any atom is 0.0316 e. The number of allylic oxidation sites excluding steroid dienone is 1. The van der Waals surface area contributed by atoms with E-state index in [1.165, 1.54) is 38.9 Å². The number of nitrogens with one attached hydrogen (secondary N) is 1. The Morgan fingerprint density at radius 2 is 2.18 bits per heavy atom. The van der Waals surface area contributed by atoms with Gasteiger partial charge in [0, 0.05) is 12.1 Å². The van der Waals surface area contributed by atoms with E-state index in [2.05, 4.69) is 36.2 Å². The van der Waals surface area contributed by atoms with Crippen LogP contribution < -0.4 is 11.1 Å². The van der Waals surface area contributed by atoms with Crippen molar-refractivity contribution in [2.75, 3.05) is 32.7 Å². The van der Waals surface area contributed by atoms with Gasteiger partial charge in [-0.3, -0.25) is 0 Å². The summed E-state index contributed by atoms with van der Waals surface area (Å²) in [7, 11) is 0. The Balaban J connectivity index is 2.43. The molecule has 1 aliphatic heterocycles. The van der Waals surface area contributed by atoms with Crippen molar-refractivity contribution in [3.05, 3.63) is 12.2 Å². The van der Waals surface area contributed by atoms with Gasteiger partial charge in [0.1, 0.15) is 0 Å². The fourth-order valence-corrected chi connectivity index (χ4v) is 2.61. The number of hydrogen-bond acceptors (Lipinski definition) is 3. The summed E-state index contributed by atoms with van der Waals surface area (Å²) in [5.74, 6) is 0. The van der Waals surface area contributed by atoms with E-state index in [4.69, 9.17) is 5.73 Å². The lowest BCUT2D eigenvalue weighted by molar-refractivity contribution is 0.267. The largest absolute Gasteiger partial charge is 0.329 e. The lowest BCUT2D eigenvalue weighted by Gasteiger charge is -2.33. The van der Waals surface area contributed by atoms with Crippen molar-refractivity contribution >= 4 is 0 Å². The van der Waals surface area contributed by atoms with E-state index < -0.39 is 0 Å². The average Bonchev–Trinajstić information content (AvgIpc) is 2.58. The quantitative estimate of drug-likeness (QED) is 0.548. The topological polar surface area (TPSA) is 41.3 Å². The van der Waals surface area contributed by atoms with E-state index in [0.717, 1.165) is 19.5 Å². The average molecular weight is 239 g/mol. The molecule has 3 heteroatoms. The van der Waals surface area contributed by atoms with Crippen LogP contribution in [-0.4, -0.2) is 43.2 Å². The Bertz CT molecular complexity index is 228. The molecule has 3 nitrogen and oxygen atoms in total. The first-order chi connectivity index (χ1) is 8.26. The molecule has 0 aromatic heterocycles. The van der Waals surface area contributed by atoms with Crippen LogP contribution in [0.25, 0.3) is 0 Å². The van der Waals surface area contributed by atoms with Gasteiger partial charge >= 0.3 is 0 Å². The molecule has 0 amide bonds. The zero-order chi connectivity index (χ0) is 12.6. The van der Waals surface area contributed by atoms with Gasteiger partial charge in [0.2, 0.25) is 0 Å². The van der Waals surface area contributed by atoms with Crippen LogP contribution in [-0.2, 0) is 0 Å². The Morgan fingerprint density at radius 1 is 1.35 bits per heavy atom. The van der Waals surface area contributed by atoms with E-state index in [1.54, 1.807) is 0 Å². The second-order valence-electron chi connectivity index (χ2n) is 5.06. The third-order valence-corrected chi connectivity index (χ3v) is 3.92. The van der Waals surface area contributed by atoms with E-state index in [9.17, 15) is 0 Å². The molecule has 0 bridgehead atoms. The lowest BCUT2D eigenvalue weighted by Crippen LogP contribution is -2.52. The minimum Gasteiger partial charge on any atom is -0.329 e. The summed E-state index contributed by atoms with van der Waals surface area (Å²) in [6.07, 6.45) is 9.11. The van der Waals surface area contributed by atoms with Crippen LogP contribution in [0.15, 0.2) is 12.2 Å². The Labute approximate surface area is 106 Å². The fraction of sp³-hybridized carbons (Fsp3) is 0.857. The molecule has 0 aliphatic carbocycles. The molecule has 1 aliphatic rings. The molecular weight excluding hydrogens is 210 g/mol.